The SMILES string of the molecule is CCc1ccc(-c2nc(C3(N)CCCCC3)sc2C)cc1. The summed E-state index contributed by atoms with van der Waals surface area (Å²) in [7, 11) is 0. The van der Waals surface area contributed by atoms with E-state index in [1.807, 2.05) is 0 Å². The number of hydrogen-bond acceptors (Lipinski definition) is 3. The van der Waals surface area contributed by atoms with Crippen LogP contribution in [0.4, 0.5) is 0 Å². The van der Waals surface area contributed by atoms with Gasteiger partial charge in [0.1, 0.15) is 5.01 Å². The molecule has 3 heteroatoms. The van der Waals surface area contributed by atoms with E-state index in [1.165, 1.54) is 35.3 Å². The van der Waals surface area contributed by atoms with Crippen molar-refractivity contribution in [3.8, 4) is 11.3 Å². The molecule has 0 amide bonds. The zero-order chi connectivity index (χ0) is 14.9. The average molecular weight is 300 g/mol. The molecule has 0 atom stereocenters. The van der Waals surface area contributed by atoms with E-state index < -0.39 is 0 Å². The maximum atomic E-state index is 6.63. The number of hydrogen-bond donors (Lipinski definition) is 1. The molecule has 1 fully saturated rings. The van der Waals surface area contributed by atoms with Crippen LogP contribution in [-0.4, -0.2) is 4.98 Å². The van der Waals surface area contributed by atoms with Gasteiger partial charge in [0.2, 0.25) is 0 Å². The fourth-order valence-electron chi connectivity index (χ4n) is 3.17. The molecular weight excluding hydrogens is 276 g/mol. The van der Waals surface area contributed by atoms with E-state index in [0.717, 1.165) is 30.0 Å². The first-order chi connectivity index (χ1) is 10.1. The van der Waals surface area contributed by atoms with Crippen molar-refractivity contribution >= 4 is 11.3 Å². The molecule has 1 saturated carbocycles. The van der Waals surface area contributed by atoms with Crippen molar-refractivity contribution in [3.05, 3.63) is 39.7 Å². The molecule has 2 nitrogen and oxygen atoms in total. The fourth-order valence-corrected chi connectivity index (χ4v) is 4.27. The van der Waals surface area contributed by atoms with Crippen LogP contribution < -0.4 is 5.73 Å². The Bertz CT molecular complexity index is 607. The van der Waals surface area contributed by atoms with Crippen LogP contribution in [0.1, 0.15) is 54.5 Å². The summed E-state index contributed by atoms with van der Waals surface area (Å²) >= 11 is 1.79. The minimum Gasteiger partial charge on any atom is -0.319 e. The molecular formula is C18H24N2S. The number of rotatable bonds is 3. The number of aryl methyl sites for hydroxylation is 2. The Morgan fingerprint density at radius 2 is 1.81 bits per heavy atom. The summed E-state index contributed by atoms with van der Waals surface area (Å²) < 4.78 is 0. The van der Waals surface area contributed by atoms with Crippen molar-refractivity contribution < 1.29 is 0 Å². The monoisotopic (exact) mass is 300 g/mol. The van der Waals surface area contributed by atoms with Crippen molar-refractivity contribution in [1.82, 2.24) is 4.98 Å². The van der Waals surface area contributed by atoms with E-state index in [1.54, 1.807) is 11.3 Å². The van der Waals surface area contributed by atoms with Gasteiger partial charge < -0.3 is 5.73 Å². The van der Waals surface area contributed by atoms with Gasteiger partial charge in [-0.1, -0.05) is 50.5 Å². The van der Waals surface area contributed by atoms with E-state index in [-0.39, 0.29) is 5.54 Å². The van der Waals surface area contributed by atoms with Gasteiger partial charge in [0.15, 0.2) is 0 Å². The lowest BCUT2D eigenvalue weighted by Gasteiger charge is -2.31. The molecule has 0 aliphatic heterocycles. The van der Waals surface area contributed by atoms with Gasteiger partial charge in [0, 0.05) is 10.4 Å². The molecule has 1 aromatic carbocycles. The van der Waals surface area contributed by atoms with Crippen LogP contribution in [0, 0.1) is 6.92 Å². The first kappa shape index (κ1) is 14.7. The van der Waals surface area contributed by atoms with Gasteiger partial charge in [-0.15, -0.1) is 11.3 Å². The van der Waals surface area contributed by atoms with Crippen molar-refractivity contribution in [3.63, 3.8) is 0 Å². The van der Waals surface area contributed by atoms with Gasteiger partial charge in [0.05, 0.1) is 11.2 Å². The average Bonchev–Trinajstić information content (AvgIpc) is 2.91. The Labute approximate surface area is 131 Å². The molecule has 3 rings (SSSR count). The lowest BCUT2D eigenvalue weighted by Crippen LogP contribution is -2.38. The minimum atomic E-state index is -0.185. The molecule has 0 unspecified atom stereocenters. The highest BCUT2D eigenvalue weighted by Crippen LogP contribution is 2.39. The number of thiazole rings is 1. The Morgan fingerprint density at radius 1 is 1.14 bits per heavy atom. The van der Waals surface area contributed by atoms with Gasteiger partial charge in [-0.2, -0.15) is 0 Å². The Balaban J connectivity index is 1.93. The number of benzene rings is 1. The highest BCUT2D eigenvalue weighted by atomic mass is 32.1. The number of nitrogens with zero attached hydrogens (tertiary/aromatic N) is 1. The Hall–Kier alpha value is -1.19. The maximum Gasteiger partial charge on any atom is 0.113 e. The van der Waals surface area contributed by atoms with Crippen molar-refractivity contribution in [2.75, 3.05) is 0 Å². The van der Waals surface area contributed by atoms with Crippen LogP contribution in [-0.2, 0) is 12.0 Å². The number of nitrogens with two attached hydrogens (primary N) is 1. The summed E-state index contributed by atoms with van der Waals surface area (Å²) in [6, 6.07) is 8.78. The van der Waals surface area contributed by atoms with Crippen LogP contribution in [0.15, 0.2) is 24.3 Å². The van der Waals surface area contributed by atoms with Crippen molar-refractivity contribution in [2.24, 2.45) is 5.73 Å². The quantitative estimate of drug-likeness (QED) is 0.884. The molecule has 0 saturated heterocycles. The summed E-state index contributed by atoms with van der Waals surface area (Å²) in [5.41, 5.74) is 10.2. The van der Waals surface area contributed by atoms with Gasteiger partial charge >= 0.3 is 0 Å². The van der Waals surface area contributed by atoms with Crippen LogP contribution in [0.5, 0.6) is 0 Å². The predicted molar refractivity (Wildman–Crippen MR) is 90.6 cm³/mol. The Kier molecular flexibility index (Phi) is 4.14. The molecule has 1 heterocycles. The normalized spacial score (nSPS) is 17.9. The standard InChI is InChI=1S/C18H24N2S/c1-3-14-7-9-15(10-8-14)16-13(2)21-17(20-16)18(19)11-5-4-6-12-18/h7-10H,3-6,11-12,19H2,1-2H3. The smallest absolute Gasteiger partial charge is 0.113 e. The van der Waals surface area contributed by atoms with Crippen LogP contribution in [0.2, 0.25) is 0 Å². The maximum absolute atomic E-state index is 6.63. The molecule has 21 heavy (non-hydrogen) atoms. The summed E-state index contributed by atoms with van der Waals surface area (Å²) in [5, 5.41) is 1.13. The van der Waals surface area contributed by atoms with E-state index in [0.29, 0.717) is 0 Å². The topological polar surface area (TPSA) is 38.9 Å². The first-order valence-corrected chi connectivity index (χ1v) is 8.80. The molecule has 0 bridgehead atoms. The summed E-state index contributed by atoms with van der Waals surface area (Å²) in [4.78, 5) is 6.21. The van der Waals surface area contributed by atoms with E-state index in [2.05, 4.69) is 38.1 Å². The molecule has 0 radical (unpaired) electrons. The second-order valence-electron chi connectivity index (χ2n) is 6.19. The lowest BCUT2D eigenvalue weighted by molar-refractivity contribution is 0.301. The second kappa shape index (κ2) is 5.90. The molecule has 1 aliphatic rings. The molecule has 1 aliphatic carbocycles. The molecule has 2 N–H and O–H groups in total. The van der Waals surface area contributed by atoms with Crippen molar-refractivity contribution in [1.29, 1.82) is 0 Å². The summed E-state index contributed by atoms with van der Waals surface area (Å²) in [6.45, 7) is 4.35. The zero-order valence-electron chi connectivity index (χ0n) is 13.0. The van der Waals surface area contributed by atoms with Crippen molar-refractivity contribution in [2.45, 2.75) is 57.9 Å². The molecule has 2 aromatic rings. The first-order valence-electron chi connectivity index (χ1n) is 7.98. The minimum absolute atomic E-state index is 0.185. The van der Waals surface area contributed by atoms with Gasteiger partial charge in [-0.05, 0) is 31.7 Å². The highest BCUT2D eigenvalue weighted by Gasteiger charge is 2.33. The predicted octanol–water partition coefficient (Wildman–Crippen LogP) is 4.80. The highest BCUT2D eigenvalue weighted by molar-refractivity contribution is 7.12. The molecule has 1 aromatic heterocycles. The largest absolute Gasteiger partial charge is 0.319 e. The third kappa shape index (κ3) is 2.90. The van der Waals surface area contributed by atoms with Crippen LogP contribution in [0.25, 0.3) is 11.3 Å². The lowest BCUT2D eigenvalue weighted by atomic mass is 9.83. The van der Waals surface area contributed by atoms with E-state index in [4.69, 9.17) is 10.7 Å². The molecule has 112 valence electrons. The Morgan fingerprint density at radius 3 is 2.43 bits per heavy atom. The van der Waals surface area contributed by atoms with Gasteiger partial charge in [-0.25, -0.2) is 4.98 Å². The summed E-state index contributed by atoms with van der Waals surface area (Å²) in [6.07, 6.45) is 7.01. The zero-order valence-corrected chi connectivity index (χ0v) is 13.8. The van der Waals surface area contributed by atoms with Gasteiger partial charge in [0.25, 0.3) is 0 Å². The van der Waals surface area contributed by atoms with Crippen LogP contribution in [0.3, 0.4) is 0 Å². The fraction of sp³-hybridized carbons (Fsp3) is 0.500. The molecule has 0 spiro atoms. The van der Waals surface area contributed by atoms with Gasteiger partial charge in [-0.3, -0.25) is 0 Å². The van der Waals surface area contributed by atoms with E-state index >= 15 is 0 Å². The number of aromatic nitrogens is 1. The third-order valence-electron chi connectivity index (χ3n) is 4.60. The van der Waals surface area contributed by atoms with E-state index in [9.17, 15) is 0 Å². The third-order valence-corrected chi connectivity index (χ3v) is 5.79. The second-order valence-corrected chi connectivity index (χ2v) is 7.39. The summed E-state index contributed by atoms with van der Waals surface area (Å²) in [5.74, 6) is 0. The van der Waals surface area contributed by atoms with Crippen LogP contribution >= 0.6 is 11.3 Å².